The van der Waals surface area contributed by atoms with E-state index < -0.39 is 278 Å². The molecule has 47 nitrogen and oxygen atoms in total. The Morgan fingerprint density at radius 2 is 0.575 bits per heavy atom. The highest BCUT2D eigenvalue weighted by Crippen LogP contribution is 2.34. The van der Waals surface area contributed by atoms with E-state index in [4.69, 9.17) is 62.6 Å². The highest BCUT2D eigenvalue weighted by molar-refractivity contribution is 5.96. The number of carbonyl (C=O) groups excluding carboxylic acids is 7. The Balaban J connectivity index is 0.913. The van der Waals surface area contributed by atoms with Crippen molar-refractivity contribution in [3.63, 3.8) is 0 Å². The van der Waals surface area contributed by atoms with Crippen molar-refractivity contribution < 1.29 is 193 Å². The maximum absolute atomic E-state index is 13.3. The first-order valence-electron chi connectivity index (χ1n) is 37.5. The molecule has 113 heavy (non-hydrogen) atoms. The number of nitrogens with one attached hydrogen (secondary N) is 6. The maximum Gasteiger partial charge on any atom is 0.240 e. The van der Waals surface area contributed by atoms with Gasteiger partial charge in [0.25, 0.3) is 0 Å². The smallest absolute Gasteiger partial charge is 0.240 e. The van der Waals surface area contributed by atoms with Crippen molar-refractivity contribution in [3.05, 3.63) is 0 Å². The molecule has 0 aromatic rings. The van der Waals surface area contributed by atoms with E-state index in [1.807, 2.05) is 0 Å². The fraction of sp³-hybridized carbons (Fsp3) is 0.894. The van der Waals surface area contributed by atoms with Gasteiger partial charge in [0.05, 0.1) is 79.0 Å². The van der Waals surface area contributed by atoms with Crippen LogP contribution < -0.4 is 37.6 Å². The number of unbranched alkanes of at least 4 members (excludes halogenated alkanes) is 6. The van der Waals surface area contributed by atoms with Crippen LogP contribution in [-0.4, -0.2) is 444 Å². The molecule has 6 saturated heterocycles. The van der Waals surface area contributed by atoms with Crippen molar-refractivity contribution in [2.24, 2.45) is 5.73 Å². The van der Waals surface area contributed by atoms with Gasteiger partial charge in [-0.25, -0.2) is 0 Å². The minimum atomic E-state index is -1.97. The summed E-state index contributed by atoms with van der Waals surface area (Å²) in [5.41, 5.74) is 5.23. The van der Waals surface area contributed by atoms with Gasteiger partial charge in [0.1, 0.15) is 146 Å². The molecule has 0 aromatic carbocycles. The van der Waals surface area contributed by atoms with E-state index in [0.29, 0.717) is 57.8 Å². The van der Waals surface area contributed by atoms with Gasteiger partial charge < -0.3 is 191 Å². The van der Waals surface area contributed by atoms with Crippen LogP contribution in [0, 0.1) is 0 Å². The zero-order valence-electron chi connectivity index (χ0n) is 62.1. The van der Waals surface area contributed by atoms with Crippen molar-refractivity contribution >= 4 is 41.4 Å². The van der Waals surface area contributed by atoms with Gasteiger partial charge in [-0.1, -0.05) is 19.3 Å². The van der Waals surface area contributed by atoms with E-state index in [-0.39, 0.29) is 78.3 Å². The second kappa shape index (κ2) is 49.5. The quantitative estimate of drug-likeness (QED) is 0.0252. The van der Waals surface area contributed by atoms with E-state index in [9.17, 15) is 136 Å². The largest absolute Gasteiger partial charge is 0.394 e. The molecule has 0 bridgehead atoms. The summed E-state index contributed by atoms with van der Waals surface area (Å²) < 4.78 is 67.0. The van der Waals surface area contributed by atoms with Gasteiger partial charge in [-0.2, -0.15) is 0 Å². The first kappa shape index (κ1) is 97.0. The average Bonchev–Trinajstić information content (AvgIpc) is 0.785. The topological polar surface area (TPSA) is 736 Å². The minimum Gasteiger partial charge on any atom is -0.394 e. The summed E-state index contributed by atoms with van der Waals surface area (Å²) in [6, 6.07) is 0. The van der Waals surface area contributed by atoms with Gasteiger partial charge >= 0.3 is 0 Å². The molecule has 6 fully saturated rings. The molecule has 7 amide bonds. The van der Waals surface area contributed by atoms with Crippen LogP contribution in [0.2, 0.25) is 0 Å². The second-order valence-corrected chi connectivity index (χ2v) is 27.9. The molecular formula is C66H116N8O39. The molecule has 0 unspecified atom stereocenters. The molecule has 0 aromatic heterocycles. The summed E-state index contributed by atoms with van der Waals surface area (Å²) >= 11 is 0. The molecule has 47 heteroatoms. The van der Waals surface area contributed by atoms with Crippen molar-refractivity contribution in [3.8, 4) is 0 Å². The van der Waals surface area contributed by atoms with E-state index in [2.05, 4.69) is 31.9 Å². The SMILES string of the molecule is NCC(=O)NC(=O)CCCCCNC(=O)CN(CC(=O)NCCCCCC(=O)NCCO[C@H]1O[C@H](CO[C@H]2O[C@H](CO)[C@@H](O)[C@H](O)[C@@H]2O)[C@@H](O)[C@H](O[C@H]2O[C@H](CO)[C@@H](O)[C@H](O)[C@@H]2O)[C@@H]1O)CC(=O)NCCCCCC(=O)NCCO[C@H]1O[C@H](CO[C@H]2O[C@H](CO)[C@@H](O)[C@H](O)[C@@H]2O)[C@@H](O)[C@H](O[C@H]2O[C@H](CO)[C@@H](O)[C@H](O)[C@@H]2O)[C@@H]1O. The molecule has 0 spiro atoms. The number of nitrogens with two attached hydrogens (primary N) is 1. The van der Waals surface area contributed by atoms with Crippen LogP contribution >= 0.6 is 0 Å². The number of hydrogen-bond donors (Lipinski definition) is 27. The van der Waals surface area contributed by atoms with Crippen molar-refractivity contribution in [1.29, 1.82) is 0 Å². The molecular weight excluding hydrogens is 1530 g/mol. The molecule has 30 atom stereocenters. The predicted octanol–water partition coefficient (Wildman–Crippen LogP) is -15.9. The van der Waals surface area contributed by atoms with E-state index in [1.165, 1.54) is 4.90 Å². The molecule has 6 rings (SSSR count). The Hall–Kier alpha value is -4.87. The number of imide groups is 1. The maximum atomic E-state index is 13.3. The number of ether oxygens (including phenoxy) is 12. The van der Waals surface area contributed by atoms with Crippen LogP contribution in [0.5, 0.6) is 0 Å². The average molecular weight is 1650 g/mol. The van der Waals surface area contributed by atoms with Crippen molar-refractivity contribution in [2.45, 2.75) is 261 Å². The molecule has 6 aliphatic rings. The van der Waals surface area contributed by atoms with Gasteiger partial charge in [-0.3, -0.25) is 43.8 Å². The lowest BCUT2D eigenvalue weighted by Crippen LogP contribution is -2.65. The van der Waals surface area contributed by atoms with Crippen molar-refractivity contribution in [1.82, 2.24) is 36.8 Å². The van der Waals surface area contributed by atoms with Crippen LogP contribution in [0.15, 0.2) is 0 Å². The Morgan fingerprint density at radius 3 is 0.894 bits per heavy atom. The van der Waals surface area contributed by atoms with Gasteiger partial charge in [-0.05, 0) is 38.5 Å². The van der Waals surface area contributed by atoms with E-state index in [1.54, 1.807) is 0 Å². The molecule has 6 heterocycles. The van der Waals surface area contributed by atoms with Crippen molar-refractivity contribution in [2.75, 3.05) is 112 Å². The van der Waals surface area contributed by atoms with Gasteiger partial charge in [0.2, 0.25) is 41.4 Å². The molecule has 0 aliphatic carbocycles. The fourth-order valence-corrected chi connectivity index (χ4v) is 12.7. The normalized spacial score (nSPS) is 36.1. The lowest BCUT2D eigenvalue weighted by atomic mass is 9.96. The van der Waals surface area contributed by atoms with Crippen LogP contribution in [-0.2, 0) is 90.4 Å². The number of aliphatic hydroxyl groups excluding tert-OH is 20. The third-order valence-electron chi connectivity index (χ3n) is 19.3. The second-order valence-electron chi connectivity index (χ2n) is 27.9. The summed E-state index contributed by atoms with van der Waals surface area (Å²) in [7, 11) is 0. The number of aliphatic hydroxyl groups is 20. The lowest BCUT2D eigenvalue weighted by molar-refractivity contribution is -0.366. The molecule has 28 N–H and O–H groups in total. The molecule has 0 saturated carbocycles. The molecule has 0 radical (unpaired) electrons. The van der Waals surface area contributed by atoms with E-state index >= 15 is 0 Å². The third-order valence-corrected chi connectivity index (χ3v) is 19.3. The Bertz CT molecular complexity index is 2680. The minimum absolute atomic E-state index is 0.0105. The Morgan fingerprint density at radius 1 is 0.292 bits per heavy atom. The zero-order valence-corrected chi connectivity index (χ0v) is 62.1. The number of rotatable bonds is 47. The standard InChI is InChI=1S/C66H116N8O39/c67-20-39(82)73-38(81)12-6-3-9-15-70-42(85)23-74(21-40(83)68-13-7-1-4-10-36(79)71-16-18-102-63-57(100)59(112-65-55(98)51(94)45(88)32(26-77)108-65)47(90)34(110-63)28-104-61-53(96)49(92)43(86)30(24-75)106-61)22-41(84)69-14-8-2-5-11-37(80)72-17-19-103-64-58(101)60(113-66-56(99)52(95)46(89)33(27-78)109-66)48(91)35(111-64)29-105-62-54(97)50(93)44(87)31(25-76)107-62/h30-35,43-66,75-78,86-101H,1-29,67H2,(H,68,83)(H,69,84)(H,70,85)(H,71,79)(H,72,80)(H,73,81,82)/t30-,31-,32-,33-,34-,35-,43-,44-,45-,46-,47-,48-,49+,50+,51+,52+,53+,54+,55+,56+,57+,58+,59+,60+,61+,62+,63+,64+,65-,66-/m1/s1. The summed E-state index contributed by atoms with van der Waals surface area (Å²) in [6.45, 7) is -6.73. The van der Waals surface area contributed by atoms with Gasteiger partial charge in [-0.15, -0.1) is 0 Å². The number of hydrogen-bond acceptors (Lipinski definition) is 41. The van der Waals surface area contributed by atoms with Crippen LogP contribution in [0.4, 0.5) is 0 Å². The first-order valence-corrected chi connectivity index (χ1v) is 37.5. The Labute approximate surface area is 647 Å². The van der Waals surface area contributed by atoms with E-state index in [0.717, 1.165) is 0 Å². The molecule has 6 aliphatic heterocycles. The fourth-order valence-electron chi connectivity index (χ4n) is 12.7. The first-order chi connectivity index (χ1) is 53.9. The van der Waals surface area contributed by atoms with Crippen LogP contribution in [0.3, 0.4) is 0 Å². The summed E-state index contributed by atoms with van der Waals surface area (Å²) in [5, 5.41) is 224. The van der Waals surface area contributed by atoms with Crippen LogP contribution in [0.1, 0.15) is 77.0 Å². The zero-order chi connectivity index (χ0) is 83.2. The lowest BCUT2D eigenvalue weighted by Gasteiger charge is -2.46. The highest BCUT2D eigenvalue weighted by atomic mass is 16.8. The van der Waals surface area contributed by atoms with Gasteiger partial charge in [0.15, 0.2) is 37.7 Å². The number of amides is 7. The van der Waals surface area contributed by atoms with Crippen LogP contribution in [0.25, 0.3) is 0 Å². The monoisotopic (exact) mass is 1640 g/mol. The highest BCUT2D eigenvalue weighted by Gasteiger charge is 2.55. The number of nitrogens with zero attached hydrogens (tertiary/aromatic N) is 1. The third kappa shape index (κ3) is 29.6. The predicted molar refractivity (Wildman–Crippen MR) is 369 cm³/mol. The summed E-state index contributed by atoms with van der Waals surface area (Å²) in [4.78, 5) is 90.0. The molecule has 654 valence electrons. The Kier molecular flexibility index (Phi) is 42.5. The number of carbonyl (C=O) groups is 7. The summed E-state index contributed by atoms with van der Waals surface area (Å²) in [6.07, 6.45) is -48.8. The summed E-state index contributed by atoms with van der Waals surface area (Å²) in [5.74, 6) is -3.59. The van der Waals surface area contributed by atoms with Gasteiger partial charge in [0, 0.05) is 52.0 Å².